The summed E-state index contributed by atoms with van der Waals surface area (Å²) in [4.78, 5) is 23.6. The summed E-state index contributed by atoms with van der Waals surface area (Å²) in [6.07, 6.45) is 0.0763. The number of hydrogen-bond donors (Lipinski definition) is 1. The highest BCUT2D eigenvalue weighted by Crippen LogP contribution is 2.36. The molecule has 0 amide bonds. The summed E-state index contributed by atoms with van der Waals surface area (Å²) in [7, 11) is 1.51. The third-order valence-corrected chi connectivity index (χ3v) is 3.58. The lowest BCUT2D eigenvalue weighted by atomic mass is 10.1. The Balaban J connectivity index is 2.49. The smallest absolute Gasteiger partial charge is 0.326 e. The summed E-state index contributed by atoms with van der Waals surface area (Å²) in [6, 6.07) is 3.92. The van der Waals surface area contributed by atoms with E-state index < -0.39 is 16.9 Å². The van der Waals surface area contributed by atoms with Crippen molar-refractivity contribution in [1.82, 2.24) is 0 Å². The number of nitrogens with zero attached hydrogens (tertiary/aromatic N) is 2. The van der Waals surface area contributed by atoms with Crippen LogP contribution in [0.4, 0.5) is 11.4 Å². The highest BCUT2D eigenvalue weighted by molar-refractivity contribution is 5.82. The van der Waals surface area contributed by atoms with Crippen molar-refractivity contribution >= 4 is 17.3 Å². The van der Waals surface area contributed by atoms with Gasteiger partial charge in [0.05, 0.1) is 11.0 Å². The number of nitro benzene ring substituents is 1. The monoisotopic (exact) mass is 280 g/mol. The first-order valence-electron chi connectivity index (χ1n) is 6.22. The number of anilines is 1. The predicted molar refractivity (Wildman–Crippen MR) is 72.0 cm³/mol. The van der Waals surface area contributed by atoms with Gasteiger partial charge in [-0.05, 0) is 12.5 Å². The Kier molecular flexibility index (Phi) is 3.89. The molecule has 7 nitrogen and oxygen atoms in total. The van der Waals surface area contributed by atoms with Crippen LogP contribution in [0.3, 0.4) is 0 Å². The molecule has 1 saturated heterocycles. The average Bonchev–Trinajstić information content (AvgIpc) is 2.82. The standard InChI is InChI=1S/C13H16N2O5/c1-8-4-3-5-10(15(18)19)12(8)14-7-9(20-2)6-11(14)13(16)17/h3-5,9,11H,6-7H2,1-2H3,(H,16,17). The topological polar surface area (TPSA) is 92.9 Å². The van der Waals surface area contributed by atoms with Gasteiger partial charge in [-0.25, -0.2) is 4.79 Å². The van der Waals surface area contributed by atoms with Gasteiger partial charge in [-0.1, -0.05) is 12.1 Å². The van der Waals surface area contributed by atoms with E-state index in [4.69, 9.17) is 4.74 Å². The number of methoxy groups -OCH3 is 1. The first-order valence-corrected chi connectivity index (χ1v) is 6.22. The van der Waals surface area contributed by atoms with E-state index >= 15 is 0 Å². The van der Waals surface area contributed by atoms with Gasteiger partial charge in [0.15, 0.2) is 0 Å². The maximum Gasteiger partial charge on any atom is 0.326 e. The second-order valence-electron chi connectivity index (χ2n) is 4.80. The molecule has 0 radical (unpaired) electrons. The fourth-order valence-electron chi connectivity index (χ4n) is 2.61. The van der Waals surface area contributed by atoms with E-state index in [9.17, 15) is 20.0 Å². The van der Waals surface area contributed by atoms with Crippen LogP contribution in [-0.2, 0) is 9.53 Å². The summed E-state index contributed by atoms with van der Waals surface area (Å²) < 4.78 is 5.21. The molecule has 1 heterocycles. The summed E-state index contributed by atoms with van der Waals surface area (Å²) in [6.45, 7) is 2.07. The minimum Gasteiger partial charge on any atom is -0.480 e. The van der Waals surface area contributed by atoms with Crippen LogP contribution in [-0.4, -0.2) is 41.8 Å². The van der Waals surface area contributed by atoms with E-state index in [2.05, 4.69) is 0 Å². The second-order valence-corrected chi connectivity index (χ2v) is 4.80. The first kappa shape index (κ1) is 14.3. The van der Waals surface area contributed by atoms with Crippen molar-refractivity contribution in [2.45, 2.75) is 25.5 Å². The van der Waals surface area contributed by atoms with Crippen molar-refractivity contribution in [3.63, 3.8) is 0 Å². The molecule has 1 fully saturated rings. The van der Waals surface area contributed by atoms with Crippen LogP contribution in [0.1, 0.15) is 12.0 Å². The SMILES string of the molecule is COC1CC(C(=O)O)N(c2c(C)cccc2[N+](=O)[O-])C1. The molecule has 1 aliphatic heterocycles. The number of rotatable bonds is 4. The third-order valence-electron chi connectivity index (χ3n) is 3.58. The van der Waals surface area contributed by atoms with Gasteiger partial charge in [-0.15, -0.1) is 0 Å². The maximum absolute atomic E-state index is 11.4. The number of ether oxygens (including phenoxy) is 1. The molecule has 2 unspecified atom stereocenters. The van der Waals surface area contributed by atoms with Gasteiger partial charge in [0.2, 0.25) is 0 Å². The number of aliphatic carboxylic acids is 1. The Bertz CT molecular complexity index is 546. The molecule has 108 valence electrons. The summed E-state index contributed by atoms with van der Waals surface area (Å²) in [5, 5.41) is 20.5. The lowest BCUT2D eigenvalue weighted by molar-refractivity contribution is -0.384. The molecule has 0 spiro atoms. The number of para-hydroxylation sites is 1. The van der Waals surface area contributed by atoms with Gasteiger partial charge in [0, 0.05) is 26.1 Å². The fraction of sp³-hybridized carbons (Fsp3) is 0.462. The normalized spacial score (nSPS) is 22.0. The van der Waals surface area contributed by atoms with Crippen LogP contribution in [0.15, 0.2) is 18.2 Å². The number of aryl methyl sites for hydroxylation is 1. The van der Waals surface area contributed by atoms with Gasteiger partial charge < -0.3 is 14.7 Å². The molecular formula is C13H16N2O5. The number of carboxylic acids is 1. The van der Waals surface area contributed by atoms with E-state index in [1.54, 1.807) is 24.0 Å². The van der Waals surface area contributed by atoms with Crippen molar-refractivity contribution in [1.29, 1.82) is 0 Å². The number of nitro groups is 1. The molecule has 1 aromatic carbocycles. The molecule has 20 heavy (non-hydrogen) atoms. The lowest BCUT2D eigenvalue weighted by Crippen LogP contribution is -2.36. The maximum atomic E-state index is 11.4. The average molecular weight is 280 g/mol. The largest absolute Gasteiger partial charge is 0.480 e. The summed E-state index contributed by atoms with van der Waals surface area (Å²) in [5.41, 5.74) is 0.972. The molecule has 2 rings (SSSR count). The minimum atomic E-state index is -0.998. The molecule has 0 saturated carbocycles. The molecule has 1 N–H and O–H groups in total. The minimum absolute atomic E-state index is 0.0759. The number of carboxylic acid groups (broad SMARTS) is 1. The van der Waals surface area contributed by atoms with Crippen LogP contribution >= 0.6 is 0 Å². The number of benzene rings is 1. The third kappa shape index (κ3) is 2.44. The molecule has 0 bridgehead atoms. The quantitative estimate of drug-likeness (QED) is 0.665. The molecular weight excluding hydrogens is 264 g/mol. The molecule has 0 aromatic heterocycles. The van der Waals surface area contributed by atoms with Gasteiger partial charge in [0.1, 0.15) is 11.7 Å². The Morgan fingerprint density at radius 3 is 2.80 bits per heavy atom. The molecule has 1 aliphatic rings. The Morgan fingerprint density at radius 2 is 2.25 bits per heavy atom. The zero-order chi connectivity index (χ0) is 14.9. The van der Waals surface area contributed by atoms with Crippen LogP contribution in [0, 0.1) is 17.0 Å². The zero-order valence-corrected chi connectivity index (χ0v) is 11.3. The summed E-state index contributed by atoms with van der Waals surface area (Å²) in [5.74, 6) is -0.998. The van der Waals surface area contributed by atoms with E-state index in [1.165, 1.54) is 13.2 Å². The Morgan fingerprint density at radius 1 is 1.55 bits per heavy atom. The highest BCUT2D eigenvalue weighted by Gasteiger charge is 2.40. The molecule has 1 aromatic rings. The Hall–Kier alpha value is -2.15. The van der Waals surface area contributed by atoms with Crippen LogP contribution in [0.5, 0.6) is 0 Å². The van der Waals surface area contributed by atoms with Crippen molar-refractivity contribution in [2.75, 3.05) is 18.6 Å². The van der Waals surface area contributed by atoms with Gasteiger partial charge in [0.25, 0.3) is 5.69 Å². The van der Waals surface area contributed by atoms with Crippen LogP contribution in [0.2, 0.25) is 0 Å². The molecule has 0 aliphatic carbocycles. The van der Waals surface area contributed by atoms with Gasteiger partial charge in [-0.3, -0.25) is 10.1 Å². The number of carbonyl (C=O) groups is 1. The van der Waals surface area contributed by atoms with E-state index in [0.29, 0.717) is 24.2 Å². The van der Waals surface area contributed by atoms with E-state index in [1.807, 2.05) is 0 Å². The second kappa shape index (κ2) is 5.46. The number of hydrogen-bond acceptors (Lipinski definition) is 5. The first-order chi connectivity index (χ1) is 9.45. The van der Waals surface area contributed by atoms with Crippen molar-refractivity contribution in [2.24, 2.45) is 0 Å². The lowest BCUT2D eigenvalue weighted by Gasteiger charge is -2.24. The Labute approximate surface area is 115 Å². The molecule has 2 atom stereocenters. The van der Waals surface area contributed by atoms with Crippen molar-refractivity contribution in [3.05, 3.63) is 33.9 Å². The van der Waals surface area contributed by atoms with Crippen LogP contribution < -0.4 is 4.90 Å². The van der Waals surface area contributed by atoms with Crippen molar-refractivity contribution < 1.29 is 19.6 Å². The van der Waals surface area contributed by atoms with Crippen LogP contribution in [0.25, 0.3) is 0 Å². The zero-order valence-electron chi connectivity index (χ0n) is 11.3. The predicted octanol–water partition coefficient (Wildman–Crippen LogP) is 1.58. The van der Waals surface area contributed by atoms with E-state index in [0.717, 1.165) is 0 Å². The van der Waals surface area contributed by atoms with Crippen molar-refractivity contribution in [3.8, 4) is 0 Å². The van der Waals surface area contributed by atoms with Gasteiger partial charge in [-0.2, -0.15) is 0 Å². The van der Waals surface area contributed by atoms with Gasteiger partial charge >= 0.3 is 5.97 Å². The van der Waals surface area contributed by atoms with E-state index in [-0.39, 0.29) is 11.8 Å². The molecule has 7 heteroatoms. The summed E-state index contributed by atoms with van der Waals surface area (Å²) >= 11 is 0. The highest BCUT2D eigenvalue weighted by atomic mass is 16.6. The fourth-order valence-corrected chi connectivity index (χ4v) is 2.61.